The number of ether oxygens (including phenoxy) is 1. The Morgan fingerprint density at radius 1 is 1.89 bits per heavy atom. The van der Waals surface area contributed by atoms with Gasteiger partial charge in [-0.3, -0.25) is 0 Å². The highest BCUT2D eigenvalue weighted by molar-refractivity contribution is 4.98. The normalized spacial score (nSPS) is 35.8. The van der Waals surface area contributed by atoms with Crippen molar-refractivity contribution >= 4 is 0 Å². The van der Waals surface area contributed by atoms with E-state index in [1.165, 1.54) is 0 Å². The Hall–Kier alpha value is -0.340. The molecule has 0 saturated carbocycles. The second kappa shape index (κ2) is 2.50. The molecule has 0 bridgehead atoms. The van der Waals surface area contributed by atoms with E-state index in [-0.39, 0.29) is 18.3 Å². The maximum absolute atomic E-state index is 8.86. The van der Waals surface area contributed by atoms with E-state index in [1.807, 2.05) is 0 Å². The van der Waals surface area contributed by atoms with E-state index in [4.69, 9.17) is 9.84 Å². The van der Waals surface area contributed by atoms with Crippen molar-refractivity contribution in [1.82, 2.24) is 0 Å². The zero-order chi connectivity index (χ0) is 6.85. The third-order valence-corrected chi connectivity index (χ3v) is 1.43. The summed E-state index contributed by atoms with van der Waals surface area (Å²) >= 11 is 0. The van der Waals surface area contributed by atoms with Crippen LogP contribution in [0.4, 0.5) is 0 Å². The summed E-state index contributed by atoms with van der Waals surface area (Å²) in [6, 6.07) is 0. The number of rotatable bonds is 3. The summed E-state index contributed by atoms with van der Waals surface area (Å²) in [5, 5.41) is 8.86. The van der Waals surface area contributed by atoms with Gasteiger partial charge in [0.25, 0.3) is 0 Å². The molecule has 1 saturated heterocycles. The van der Waals surface area contributed by atoms with Gasteiger partial charge in [0.2, 0.25) is 0 Å². The molecule has 2 nitrogen and oxygen atoms in total. The van der Waals surface area contributed by atoms with Gasteiger partial charge in [-0.15, -0.1) is 6.58 Å². The Morgan fingerprint density at radius 3 is 2.89 bits per heavy atom. The zero-order valence-corrected chi connectivity index (χ0v) is 5.58. The highest BCUT2D eigenvalue weighted by atomic mass is 16.6. The van der Waals surface area contributed by atoms with Gasteiger partial charge in [0.05, 0.1) is 12.2 Å². The predicted molar refractivity (Wildman–Crippen MR) is 35.2 cm³/mol. The first-order valence-electron chi connectivity index (χ1n) is 3.20. The van der Waals surface area contributed by atoms with Crippen LogP contribution < -0.4 is 0 Å². The molecular formula is C7H12O2. The molecule has 0 unspecified atom stereocenters. The molecule has 0 aromatic rings. The molecule has 3 atom stereocenters. The fraction of sp³-hybridized carbons (Fsp3) is 0.714. The Bertz CT molecular complexity index is 109. The van der Waals surface area contributed by atoms with E-state index < -0.39 is 0 Å². The first kappa shape index (κ1) is 6.78. The molecule has 9 heavy (non-hydrogen) atoms. The Morgan fingerprint density at radius 2 is 2.56 bits per heavy atom. The molecule has 0 radical (unpaired) electrons. The molecule has 1 aliphatic rings. The van der Waals surface area contributed by atoms with Crippen LogP contribution in [0.15, 0.2) is 12.7 Å². The van der Waals surface area contributed by atoms with Crippen LogP contribution in [-0.4, -0.2) is 23.4 Å². The fourth-order valence-electron chi connectivity index (χ4n) is 0.890. The van der Waals surface area contributed by atoms with Gasteiger partial charge < -0.3 is 9.84 Å². The average molecular weight is 128 g/mol. The summed E-state index contributed by atoms with van der Waals surface area (Å²) < 4.78 is 5.10. The molecule has 1 aliphatic heterocycles. The lowest BCUT2D eigenvalue weighted by Crippen LogP contribution is -2.04. The first-order valence-corrected chi connectivity index (χ1v) is 3.20. The monoisotopic (exact) mass is 128 g/mol. The Kier molecular flexibility index (Phi) is 1.88. The molecule has 0 spiro atoms. The van der Waals surface area contributed by atoms with Gasteiger partial charge >= 0.3 is 0 Å². The second-order valence-electron chi connectivity index (χ2n) is 2.46. The van der Waals surface area contributed by atoms with Crippen molar-refractivity contribution in [3.05, 3.63) is 12.7 Å². The molecule has 52 valence electrons. The highest BCUT2D eigenvalue weighted by Gasteiger charge is 2.36. The predicted octanol–water partition coefficient (Wildman–Crippen LogP) is 0.711. The number of epoxide rings is 1. The summed E-state index contributed by atoms with van der Waals surface area (Å²) in [5.41, 5.74) is 0. The lowest BCUT2D eigenvalue weighted by Gasteiger charge is -1.96. The molecule has 1 rings (SSSR count). The lowest BCUT2D eigenvalue weighted by molar-refractivity contribution is 0.170. The van der Waals surface area contributed by atoms with Crippen LogP contribution in [0, 0.1) is 0 Å². The minimum absolute atomic E-state index is 0.208. The van der Waals surface area contributed by atoms with E-state index >= 15 is 0 Å². The third kappa shape index (κ3) is 1.80. The zero-order valence-electron chi connectivity index (χ0n) is 5.58. The largest absolute Gasteiger partial charge is 0.393 e. The number of hydrogen-bond acceptors (Lipinski definition) is 2. The maximum atomic E-state index is 8.86. The fourth-order valence-corrected chi connectivity index (χ4v) is 0.890. The van der Waals surface area contributed by atoms with Crippen molar-refractivity contribution in [2.45, 2.75) is 31.7 Å². The molecular weight excluding hydrogens is 116 g/mol. The maximum Gasteiger partial charge on any atom is 0.102 e. The van der Waals surface area contributed by atoms with Crippen LogP contribution in [0.25, 0.3) is 0 Å². The molecule has 0 aliphatic carbocycles. The van der Waals surface area contributed by atoms with E-state index in [2.05, 4.69) is 6.58 Å². The molecule has 2 heteroatoms. The van der Waals surface area contributed by atoms with E-state index in [0.29, 0.717) is 0 Å². The van der Waals surface area contributed by atoms with E-state index in [9.17, 15) is 0 Å². The molecule has 1 N–H and O–H groups in total. The van der Waals surface area contributed by atoms with Crippen molar-refractivity contribution in [1.29, 1.82) is 0 Å². The van der Waals surface area contributed by atoms with Crippen LogP contribution in [0.5, 0.6) is 0 Å². The highest BCUT2D eigenvalue weighted by Crippen LogP contribution is 2.26. The average Bonchev–Trinajstić information content (AvgIpc) is 2.45. The van der Waals surface area contributed by atoms with Crippen LogP contribution in [0.3, 0.4) is 0 Å². The van der Waals surface area contributed by atoms with Crippen molar-refractivity contribution in [2.24, 2.45) is 0 Å². The SMILES string of the molecule is C=C[C@H]1O[C@@H]1C[C@@H](C)O. The Labute approximate surface area is 55.1 Å². The van der Waals surface area contributed by atoms with Gasteiger partial charge in [0, 0.05) is 6.42 Å². The minimum atomic E-state index is -0.250. The quantitative estimate of drug-likeness (QED) is 0.448. The van der Waals surface area contributed by atoms with Crippen LogP contribution in [0.2, 0.25) is 0 Å². The van der Waals surface area contributed by atoms with Crippen molar-refractivity contribution in [3.8, 4) is 0 Å². The van der Waals surface area contributed by atoms with Gasteiger partial charge in [-0.2, -0.15) is 0 Å². The number of aliphatic hydroxyl groups excluding tert-OH is 1. The standard InChI is InChI=1S/C7H12O2/c1-3-6-7(9-6)4-5(2)8/h3,5-8H,1,4H2,2H3/t5-,6-,7-/m1/s1. The number of aliphatic hydroxyl groups is 1. The smallest absolute Gasteiger partial charge is 0.102 e. The molecule has 0 amide bonds. The summed E-state index contributed by atoms with van der Waals surface area (Å²) in [7, 11) is 0. The van der Waals surface area contributed by atoms with Crippen molar-refractivity contribution in [2.75, 3.05) is 0 Å². The molecule has 1 heterocycles. The van der Waals surface area contributed by atoms with Crippen LogP contribution in [-0.2, 0) is 4.74 Å². The van der Waals surface area contributed by atoms with Gasteiger partial charge in [0.1, 0.15) is 6.10 Å². The molecule has 1 fully saturated rings. The number of hydrogen-bond donors (Lipinski definition) is 1. The Balaban J connectivity index is 2.12. The van der Waals surface area contributed by atoms with Crippen molar-refractivity contribution in [3.63, 3.8) is 0 Å². The minimum Gasteiger partial charge on any atom is -0.393 e. The molecule has 0 aromatic carbocycles. The van der Waals surface area contributed by atoms with Gasteiger partial charge in [-0.1, -0.05) is 6.08 Å². The van der Waals surface area contributed by atoms with Crippen LogP contribution >= 0.6 is 0 Å². The van der Waals surface area contributed by atoms with Gasteiger partial charge in [-0.25, -0.2) is 0 Å². The molecule has 0 aromatic heterocycles. The third-order valence-electron chi connectivity index (χ3n) is 1.43. The topological polar surface area (TPSA) is 32.8 Å². The second-order valence-corrected chi connectivity index (χ2v) is 2.46. The summed E-state index contributed by atoms with van der Waals surface area (Å²) in [6.45, 7) is 5.34. The van der Waals surface area contributed by atoms with Gasteiger partial charge in [0.15, 0.2) is 0 Å². The van der Waals surface area contributed by atoms with Crippen LogP contribution in [0.1, 0.15) is 13.3 Å². The lowest BCUT2D eigenvalue weighted by atomic mass is 10.2. The summed E-state index contributed by atoms with van der Waals surface area (Å²) in [6.07, 6.45) is 2.70. The van der Waals surface area contributed by atoms with Crippen molar-refractivity contribution < 1.29 is 9.84 Å². The summed E-state index contributed by atoms with van der Waals surface area (Å²) in [5.74, 6) is 0. The van der Waals surface area contributed by atoms with Gasteiger partial charge in [-0.05, 0) is 6.92 Å². The van der Waals surface area contributed by atoms with E-state index in [1.54, 1.807) is 13.0 Å². The first-order chi connectivity index (χ1) is 4.24. The summed E-state index contributed by atoms with van der Waals surface area (Å²) in [4.78, 5) is 0. The van der Waals surface area contributed by atoms with E-state index in [0.717, 1.165) is 6.42 Å².